The number of rotatable bonds is 8. The first-order chi connectivity index (χ1) is 10.3. The Morgan fingerprint density at radius 1 is 1.23 bits per heavy atom. The highest BCUT2D eigenvalue weighted by molar-refractivity contribution is 14.0. The lowest BCUT2D eigenvalue weighted by molar-refractivity contribution is 0.352. The van der Waals surface area contributed by atoms with Crippen LogP contribution < -0.4 is 20.1 Å². The van der Waals surface area contributed by atoms with Crippen LogP contribution in [0.4, 0.5) is 0 Å². The quantitative estimate of drug-likeness (QED) is 0.283. The molecule has 0 aliphatic heterocycles. The van der Waals surface area contributed by atoms with Crippen molar-refractivity contribution in [3.05, 3.63) is 23.8 Å². The maximum absolute atomic E-state index is 5.42. The molecule has 0 saturated carbocycles. The highest BCUT2D eigenvalue weighted by Gasteiger charge is 2.09. The van der Waals surface area contributed by atoms with Gasteiger partial charge in [0.1, 0.15) is 0 Å². The average Bonchev–Trinajstić information content (AvgIpc) is 2.52. The molecule has 0 radical (unpaired) electrons. The zero-order valence-corrected chi connectivity index (χ0v) is 16.8. The van der Waals surface area contributed by atoms with Crippen LogP contribution in [0.15, 0.2) is 23.2 Å². The van der Waals surface area contributed by atoms with Crippen molar-refractivity contribution in [1.29, 1.82) is 0 Å². The molecule has 126 valence electrons. The van der Waals surface area contributed by atoms with Crippen LogP contribution in [-0.4, -0.2) is 45.3 Å². The predicted molar refractivity (Wildman–Crippen MR) is 106 cm³/mol. The van der Waals surface area contributed by atoms with Crippen molar-refractivity contribution >= 4 is 41.7 Å². The zero-order chi connectivity index (χ0) is 15.5. The van der Waals surface area contributed by atoms with E-state index in [9.17, 15) is 0 Å². The molecule has 5 nitrogen and oxygen atoms in total. The fourth-order valence-corrected chi connectivity index (χ4v) is 2.16. The molecule has 1 aromatic carbocycles. The van der Waals surface area contributed by atoms with E-state index in [1.807, 2.05) is 18.2 Å². The second-order valence-electron chi connectivity index (χ2n) is 4.27. The van der Waals surface area contributed by atoms with Gasteiger partial charge in [0, 0.05) is 24.4 Å². The Morgan fingerprint density at radius 2 is 2.00 bits per heavy atom. The lowest BCUT2D eigenvalue weighted by atomic mass is 10.2. The minimum atomic E-state index is 0. The highest BCUT2D eigenvalue weighted by atomic mass is 127. The van der Waals surface area contributed by atoms with E-state index in [4.69, 9.17) is 9.47 Å². The van der Waals surface area contributed by atoms with Gasteiger partial charge in [-0.2, -0.15) is 11.8 Å². The van der Waals surface area contributed by atoms with Gasteiger partial charge in [-0.15, -0.1) is 24.0 Å². The number of ether oxygens (including phenoxy) is 2. The summed E-state index contributed by atoms with van der Waals surface area (Å²) in [6.07, 6.45) is 2.09. The van der Waals surface area contributed by atoms with Gasteiger partial charge in [-0.05, 0) is 19.2 Å². The van der Waals surface area contributed by atoms with Crippen molar-refractivity contribution in [2.75, 3.05) is 39.3 Å². The number of nitrogens with one attached hydrogen (secondary N) is 2. The van der Waals surface area contributed by atoms with Gasteiger partial charge < -0.3 is 20.1 Å². The predicted octanol–water partition coefficient (Wildman–Crippen LogP) is 2.74. The number of guanidine groups is 1. The van der Waals surface area contributed by atoms with E-state index in [-0.39, 0.29) is 24.0 Å². The Balaban J connectivity index is 0.00000441. The topological polar surface area (TPSA) is 54.9 Å². The van der Waals surface area contributed by atoms with Crippen molar-refractivity contribution in [3.63, 3.8) is 0 Å². The summed E-state index contributed by atoms with van der Waals surface area (Å²) in [5.41, 5.74) is 0.999. The molecule has 0 fully saturated rings. The van der Waals surface area contributed by atoms with E-state index in [1.54, 1.807) is 26.0 Å². The number of methoxy groups -OCH3 is 2. The summed E-state index contributed by atoms with van der Waals surface area (Å²) >= 11 is 1.81. The molecule has 0 aliphatic carbocycles. The smallest absolute Gasteiger partial charge is 0.191 e. The molecule has 2 N–H and O–H groups in total. The summed E-state index contributed by atoms with van der Waals surface area (Å²) in [5.74, 6) is 3.33. The molecule has 0 heterocycles. The van der Waals surface area contributed by atoms with E-state index in [0.29, 0.717) is 6.54 Å². The number of nitrogens with zero attached hydrogens (tertiary/aromatic N) is 1. The highest BCUT2D eigenvalue weighted by Crippen LogP contribution is 2.30. The summed E-state index contributed by atoms with van der Waals surface area (Å²) in [7, 11) is 3.28. The van der Waals surface area contributed by atoms with Gasteiger partial charge in [-0.1, -0.05) is 12.1 Å². The Hall–Kier alpha value is -0.830. The molecule has 0 saturated heterocycles. The third kappa shape index (κ3) is 6.95. The maximum Gasteiger partial charge on any atom is 0.191 e. The van der Waals surface area contributed by atoms with Crippen molar-refractivity contribution in [2.45, 2.75) is 13.5 Å². The molecule has 0 aromatic heterocycles. The van der Waals surface area contributed by atoms with E-state index < -0.39 is 0 Å². The van der Waals surface area contributed by atoms with Crippen molar-refractivity contribution in [1.82, 2.24) is 10.6 Å². The molecule has 7 heteroatoms. The zero-order valence-electron chi connectivity index (χ0n) is 13.6. The van der Waals surface area contributed by atoms with Gasteiger partial charge in [0.2, 0.25) is 0 Å². The molecule has 0 amide bonds. The number of halogens is 1. The van der Waals surface area contributed by atoms with Gasteiger partial charge >= 0.3 is 0 Å². The summed E-state index contributed by atoms with van der Waals surface area (Å²) in [6, 6.07) is 5.82. The van der Waals surface area contributed by atoms with Gasteiger partial charge in [0.15, 0.2) is 17.5 Å². The van der Waals surface area contributed by atoms with Crippen LogP contribution in [0.2, 0.25) is 0 Å². The lowest BCUT2D eigenvalue weighted by Gasteiger charge is -2.13. The van der Waals surface area contributed by atoms with Gasteiger partial charge in [-0.25, -0.2) is 4.99 Å². The van der Waals surface area contributed by atoms with Crippen LogP contribution >= 0.6 is 35.7 Å². The summed E-state index contributed by atoms with van der Waals surface area (Å²) in [4.78, 5) is 4.59. The third-order valence-electron chi connectivity index (χ3n) is 2.83. The second-order valence-corrected chi connectivity index (χ2v) is 5.25. The molecule has 0 spiro atoms. The first-order valence-electron chi connectivity index (χ1n) is 6.97. The van der Waals surface area contributed by atoms with Gasteiger partial charge in [-0.3, -0.25) is 0 Å². The number of benzene rings is 1. The van der Waals surface area contributed by atoms with Crippen molar-refractivity contribution < 1.29 is 9.47 Å². The maximum atomic E-state index is 5.42. The second kappa shape index (κ2) is 12.7. The number of thioether (sulfide) groups is 1. The van der Waals surface area contributed by atoms with Crippen LogP contribution in [0.25, 0.3) is 0 Å². The SMILES string of the molecule is CCNC(=NCc1cccc(OC)c1OC)NCCSC.I. The minimum Gasteiger partial charge on any atom is -0.493 e. The number of hydrogen-bond acceptors (Lipinski definition) is 4. The van der Waals surface area contributed by atoms with E-state index in [0.717, 1.165) is 41.9 Å². The summed E-state index contributed by atoms with van der Waals surface area (Å²) in [5, 5.41) is 6.54. The summed E-state index contributed by atoms with van der Waals surface area (Å²) < 4.78 is 10.7. The standard InChI is InChI=1S/C15H25N3O2S.HI/c1-5-16-15(17-9-10-21-4)18-11-12-7-6-8-13(19-2)14(12)20-3;/h6-8H,5,9-11H2,1-4H3,(H2,16,17,18);1H. The fourth-order valence-electron chi connectivity index (χ4n) is 1.86. The van der Waals surface area contributed by atoms with Gasteiger partial charge in [0.25, 0.3) is 0 Å². The average molecular weight is 439 g/mol. The van der Waals surface area contributed by atoms with Crippen LogP contribution in [0.3, 0.4) is 0 Å². The fraction of sp³-hybridized carbons (Fsp3) is 0.533. The molecule has 22 heavy (non-hydrogen) atoms. The monoisotopic (exact) mass is 439 g/mol. The summed E-state index contributed by atoms with van der Waals surface area (Å²) in [6.45, 7) is 4.31. The normalized spacial score (nSPS) is 10.6. The molecular weight excluding hydrogens is 413 g/mol. The van der Waals surface area contributed by atoms with E-state index in [1.165, 1.54) is 0 Å². The molecular formula is C15H26IN3O2S. The number of aliphatic imine (C=N–C) groups is 1. The third-order valence-corrected chi connectivity index (χ3v) is 3.45. The van der Waals surface area contributed by atoms with Crippen LogP contribution in [0.5, 0.6) is 11.5 Å². The van der Waals surface area contributed by atoms with E-state index in [2.05, 4.69) is 28.8 Å². The van der Waals surface area contributed by atoms with Crippen molar-refractivity contribution in [2.24, 2.45) is 4.99 Å². The van der Waals surface area contributed by atoms with Crippen LogP contribution in [0, 0.1) is 0 Å². The lowest BCUT2D eigenvalue weighted by Crippen LogP contribution is -2.38. The Bertz CT molecular complexity index is 458. The molecule has 0 aliphatic rings. The van der Waals surface area contributed by atoms with Crippen molar-refractivity contribution in [3.8, 4) is 11.5 Å². The largest absolute Gasteiger partial charge is 0.493 e. The van der Waals surface area contributed by atoms with Gasteiger partial charge in [0.05, 0.1) is 20.8 Å². The molecule has 0 unspecified atom stereocenters. The van der Waals surface area contributed by atoms with Crippen LogP contribution in [-0.2, 0) is 6.54 Å². The van der Waals surface area contributed by atoms with Crippen LogP contribution in [0.1, 0.15) is 12.5 Å². The number of hydrogen-bond donors (Lipinski definition) is 2. The molecule has 0 atom stereocenters. The minimum absolute atomic E-state index is 0. The first-order valence-corrected chi connectivity index (χ1v) is 8.37. The molecule has 0 bridgehead atoms. The molecule has 1 aromatic rings. The Morgan fingerprint density at radius 3 is 2.59 bits per heavy atom. The Labute approximate surface area is 154 Å². The first kappa shape index (κ1) is 21.2. The number of para-hydroxylation sites is 1. The van der Waals surface area contributed by atoms with E-state index >= 15 is 0 Å². The Kier molecular flexibility index (Phi) is 12.2. The molecule has 1 rings (SSSR count).